The summed E-state index contributed by atoms with van der Waals surface area (Å²) in [5.74, 6) is 0. The molecule has 224 valence electrons. The van der Waals surface area contributed by atoms with Gasteiger partial charge in [-0.15, -0.1) is 11.3 Å². The molecule has 1 aromatic heterocycles. The number of rotatable bonds is 5. The van der Waals surface area contributed by atoms with Crippen LogP contribution in [0, 0.1) is 0 Å². The summed E-state index contributed by atoms with van der Waals surface area (Å²) in [6.07, 6.45) is 0. The smallest absolute Gasteiger partial charge is 0.0540 e. The van der Waals surface area contributed by atoms with Crippen molar-refractivity contribution in [1.29, 1.82) is 0 Å². The average Bonchev–Trinajstić information content (AvgIpc) is 3.61. The molecular formula is C45H33NS. The zero-order valence-electron chi connectivity index (χ0n) is 26.4. The fourth-order valence-electron chi connectivity index (χ4n) is 7.51. The summed E-state index contributed by atoms with van der Waals surface area (Å²) < 4.78 is 2.67. The van der Waals surface area contributed by atoms with Gasteiger partial charge in [0.2, 0.25) is 0 Å². The summed E-state index contributed by atoms with van der Waals surface area (Å²) in [5, 5.41) is 2.66. The van der Waals surface area contributed by atoms with Crippen molar-refractivity contribution in [2.45, 2.75) is 19.3 Å². The van der Waals surface area contributed by atoms with Crippen molar-refractivity contribution in [2.24, 2.45) is 0 Å². The van der Waals surface area contributed by atoms with Crippen molar-refractivity contribution >= 4 is 48.6 Å². The molecule has 0 bridgehead atoms. The highest BCUT2D eigenvalue weighted by Gasteiger charge is 2.35. The molecule has 47 heavy (non-hydrogen) atoms. The molecule has 0 radical (unpaired) electrons. The largest absolute Gasteiger partial charge is 0.310 e. The normalized spacial score (nSPS) is 13.1. The molecule has 1 aliphatic rings. The molecule has 9 rings (SSSR count). The molecule has 0 saturated carbocycles. The molecule has 8 aromatic rings. The van der Waals surface area contributed by atoms with E-state index in [9.17, 15) is 0 Å². The van der Waals surface area contributed by atoms with Gasteiger partial charge in [-0.05, 0) is 93.5 Å². The van der Waals surface area contributed by atoms with E-state index in [0.29, 0.717) is 0 Å². The maximum atomic E-state index is 2.40. The summed E-state index contributed by atoms with van der Waals surface area (Å²) in [6.45, 7) is 4.68. The van der Waals surface area contributed by atoms with Crippen molar-refractivity contribution in [3.05, 3.63) is 175 Å². The standard InChI is InChI=1S/C45H33NS/c1-45(2)40-17-9-6-15-36(40)38-29-32(22-26-41(38)45)35-14-7-10-18-42(35)46(33-12-4-3-5-13-33)34-24-20-30(21-25-34)31-23-27-44-39(28-31)37-16-8-11-19-43(37)47-44/h3-29H,1-2H3. The van der Waals surface area contributed by atoms with Crippen molar-refractivity contribution < 1.29 is 0 Å². The van der Waals surface area contributed by atoms with Crippen LogP contribution in [0.5, 0.6) is 0 Å². The Balaban J connectivity index is 1.15. The predicted octanol–water partition coefficient (Wildman–Crippen LogP) is 13.2. The van der Waals surface area contributed by atoms with Crippen LogP contribution in [0.15, 0.2) is 164 Å². The van der Waals surface area contributed by atoms with Gasteiger partial charge in [0.15, 0.2) is 0 Å². The molecule has 7 aromatic carbocycles. The summed E-state index contributed by atoms with van der Waals surface area (Å²) in [7, 11) is 0. The Morgan fingerprint density at radius 1 is 0.426 bits per heavy atom. The first-order valence-corrected chi connectivity index (χ1v) is 17.1. The third-order valence-electron chi connectivity index (χ3n) is 9.89. The lowest BCUT2D eigenvalue weighted by molar-refractivity contribution is 0.660. The lowest BCUT2D eigenvalue weighted by atomic mass is 9.82. The van der Waals surface area contributed by atoms with Gasteiger partial charge in [-0.3, -0.25) is 0 Å². The Kier molecular flexibility index (Phi) is 6.41. The predicted molar refractivity (Wildman–Crippen MR) is 202 cm³/mol. The molecule has 1 aliphatic carbocycles. The van der Waals surface area contributed by atoms with Gasteiger partial charge in [0.25, 0.3) is 0 Å². The van der Waals surface area contributed by atoms with Crippen LogP contribution in [-0.4, -0.2) is 0 Å². The minimum atomic E-state index is -0.0111. The molecule has 1 heterocycles. The molecule has 0 aliphatic heterocycles. The van der Waals surface area contributed by atoms with E-state index in [1.54, 1.807) is 0 Å². The van der Waals surface area contributed by atoms with Crippen LogP contribution in [0.3, 0.4) is 0 Å². The minimum Gasteiger partial charge on any atom is -0.310 e. The highest BCUT2D eigenvalue weighted by Crippen LogP contribution is 2.50. The van der Waals surface area contributed by atoms with E-state index in [1.807, 2.05) is 11.3 Å². The van der Waals surface area contributed by atoms with Crippen molar-refractivity contribution in [2.75, 3.05) is 4.90 Å². The Hall–Kier alpha value is -5.44. The zero-order chi connectivity index (χ0) is 31.5. The number of hydrogen-bond donors (Lipinski definition) is 0. The zero-order valence-corrected chi connectivity index (χ0v) is 27.3. The van der Waals surface area contributed by atoms with Gasteiger partial charge < -0.3 is 4.90 Å². The lowest BCUT2D eigenvalue weighted by Gasteiger charge is -2.28. The van der Waals surface area contributed by atoms with E-state index in [0.717, 1.165) is 17.1 Å². The summed E-state index contributed by atoms with van der Waals surface area (Å²) >= 11 is 1.86. The maximum absolute atomic E-state index is 2.40. The first-order chi connectivity index (χ1) is 23.1. The summed E-state index contributed by atoms with van der Waals surface area (Å²) in [4.78, 5) is 2.39. The third-order valence-corrected chi connectivity index (χ3v) is 11.0. The topological polar surface area (TPSA) is 3.24 Å². The minimum absolute atomic E-state index is 0.0111. The van der Waals surface area contributed by atoms with Crippen LogP contribution < -0.4 is 4.90 Å². The van der Waals surface area contributed by atoms with E-state index in [4.69, 9.17) is 0 Å². The highest BCUT2D eigenvalue weighted by molar-refractivity contribution is 7.25. The second-order valence-electron chi connectivity index (χ2n) is 13.0. The van der Waals surface area contributed by atoms with E-state index in [1.165, 1.54) is 64.7 Å². The van der Waals surface area contributed by atoms with Gasteiger partial charge >= 0.3 is 0 Å². The number of benzene rings is 7. The van der Waals surface area contributed by atoms with Gasteiger partial charge in [0.05, 0.1) is 5.69 Å². The molecule has 0 amide bonds. The van der Waals surface area contributed by atoms with E-state index in [2.05, 4.69) is 183 Å². The first kappa shape index (κ1) is 27.8. The quantitative estimate of drug-likeness (QED) is 0.185. The number of para-hydroxylation sites is 2. The van der Waals surface area contributed by atoms with E-state index in [-0.39, 0.29) is 5.41 Å². The fraction of sp³-hybridized carbons (Fsp3) is 0.0667. The molecule has 0 fully saturated rings. The number of thiophene rings is 1. The Morgan fingerprint density at radius 2 is 1.04 bits per heavy atom. The van der Waals surface area contributed by atoms with Crippen LogP contribution in [0.2, 0.25) is 0 Å². The van der Waals surface area contributed by atoms with Gasteiger partial charge in [0, 0.05) is 42.5 Å². The van der Waals surface area contributed by atoms with Crippen LogP contribution in [0.4, 0.5) is 17.1 Å². The monoisotopic (exact) mass is 619 g/mol. The lowest BCUT2D eigenvalue weighted by Crippen LogP contribution is -2.14. The van der Waals surface area contributed by atoms with Crippen LogP contribution >= 0.6 is 11.3 Å². The van der Waals surface area contributed by atoms with Gasteiger partial charge in [0.1, 0.15) is 0 Å². The van der Waals surface area contributed by atoms with Crippen molar-refractivity contribution in [3.8, 4) is 33.4 Å². The molecule has 0 saturated heterocycles. The number of hydrogen-bond acceptors (Lipinski definition) is 2. The molecule has 0 spiro atoms. The molecule has 0 unspecified atom stereocenters. The molecule has 2 heteroatoms. The number of fused-ring (bicyclic) bond motifs is 6. The van der Waals surface area contributed by atoms with Gasteiger partial charge in [-0.1, -0.05) is 123 Å². The van der Waals surface area contributed by atoms with Crippen LogP contribution in [0.1, 0.15) is 25.0 Å². The van der Waals surface area contributed by atoms with E-state index < -0.39 is 0 Å². The fourth-order valence-corrected chi connectivity index (χ4v) is 8.60. The highest BCUT2D eigenvalue weighted by atomic mass is 32.1. The number of nitrogens with zero attached hydrogens (tertiary/aromatic N) is 1. The third kappa shape index (κ3) is 4.52. The molecule has 0 N–H and O–H groups in total. The Labute approximate surface area is 280 Å². The average molecular weight is 620 g/mol. The van der Waals surface area contributed by atoms with Gasteiger partial charge in [-0.25, -0.2) is 0 Å². The molecule has 0 atom stereocenters. The Morgan fingerprint density at radius 3 is 1.89 bits per heavy atom. The van der Waals surface area contributed by atoms with Crippen LogP contribution in [-0.2, 0) is 5.41 Å². The summed E-state index contributed by atoms with van der Waals surface area (Å²) in [5.41, 5.74) is 13.8. The van der Waals surface area contributed by atoms with Crippen molar-refractivity contribution in [3.63, 3.8) is 0 Å². The second-order valence-corrected chi connectivity index (χ2v) is 14.1. The van der Waals surface area contributed by atoms with E-state index >= 15 is 0 Å². The second kappa shape index (κ2) is 10.8. The molecular weight excluding hydrogens is 587 g/mol. The van der Waals surface area contributed by atoms with Crippen LogP contribution in [0.25, 0.3) is 53.6 Å². The SMILES string of the molecule is CC1(C)c2ccccc2-c2cc(-c3ccccc3N(c3ccccc3)c3ccc(-c4ccc5sc6ccccc6c5c4)cc3)ccc21. The maximum Gasteiger partial charge on any atom is 0.0540 e. The first-order valence-electron chi connectivity index (χ1n) is 16.3. The summed E-state index contributed by atoms with van der Waals surface area (Å²) in [6, 6.07) is 60.1. The Bertz CT molecular complexity index is 2430. The van der Waals surface area contributed by atoms with Gasteiger partial charge in [-0.2, -0.15) is 0 Å². The molecule has 1 nitrogen and oxygen atoms in total. The van der Waals surface area contributed by atoms with Crippen molar-refractivity contribution in [1.82, 2.24) is 0 Å². The number of anilines is 3.